The summed E-state index contributed by atoms with van der Waals surface area (Å²) in [6.45, 7) is 3.98. The van der Waals surface area contributed by atoms with Gasteiger partial charge >= 0.3 is 0 Å². The molecule has 0 radical (unpaired) electrons. The molecule has 0 aliphatic carbocycles. The van der Waals surface area contributed by atoms with Gasteiger partial charge in [0.2, 0.25) is 11.7 Å². The summed E-state index contributed by atoms with van der Waals surface area (Å²) in [5, 5.41) is 8.20. The van der Waals surface area contributed by atoms with Crippen molar-refractivity contribution in [2.45, 2.75) is 19.8 Å². The van der Waals surface area contributed by atoms with E-state index in [2.05, 4.69) is 36.2 Å². The highest BCUT2D eigenvalue weighted by Crippen LogP contribution is 2.26. The number of pyridine rings is 1. The third-order valence-corrected chi connectivity index (χ3v) is 3.73. The van der Waals surface area contributed by atoms with Gasteiger partial charge in [0.05, 0.1) is 12.1 Å². The fourth-order valence-corrected chi connectivity index (χ4v) is 2.53. The minimum absolute atomic E-state index is 0.00398. The Hall–Kier alpha value is -2.02. The molecular formula is C14H14BrN5O. The standard InChI is InChI=1S/C14H14BrN5O/c1-8-4-11(15)6-16-12(8)13-18-14(21-19-13)9(2)10-5-17-20(3)7-10/h4-7,9H,1-3H3. The number of aryl methyl sites for hydroxylation is 2. The number of hydrogen-bond acceptors (Lipinski definition) is 5. The predicted octanol–water partition coefficient (Wildman–Crippen LogP) is 3.09. The van der Waals surface area contributed by atoms with Crippen LogP contribution >= 0.6 is 15.9 Å². The van der Waals surface area contributed by atoms with Crippen LogP contribution in [0, 0.1) is 6.92 Å². The summed E-state index contributed by atoms with van der Waals surface area (Å²) in [4.78, 5) is 8.81. The maximum atomic E-state index is 5.38. The van der Waals surface area contributed by atoms with Crippen molar-refractivity contribution < 1.29 is 4.52 Å². The lowest BCUT2D eigenvalue weighted by atomic mass is 10.1. The second kappa shape index (κ2) is 5.40. The van der Waals surface area contributed by atoms with E-state index in [1.165, 1.54) is 0 Å². The Balaban J connectivity index is 1.92. The molecule has 1 atom stereocenters. The molecule has 0 saturated heterocycles. The van der Waals surface area contributed by atoms with E-state index >= 15 is 0 Å². The first-order chi connectivity index (χ1) is 10.0. The molecule has 0 aromatic carbocycles. The number of halogens is 1. The van der Waals surface area contributed by atoms with Crippen molar-refractivity contribution in [2.75, 3.05) is 0 Å². The molecule has 0 saturated carbocycles. The number of hydrogen-bond donors (Lipinski definition) is 0. The van der Waals surface area contributed by atoms with Crippen LogP contribution in [0.5, 0.6) is 0 Å². The molecule has 6 nitrogen and oxygen atoms in total. The van der Waals surface area contributed by atoms with Crippen molar-refractivity contribution >= 4 is 15.9 Å². The van der Waals surface area contributed by atoms with Gasteiger partial charge in [0.15, 0.2) is 0 Å². The summed E-state index contributed by atoms with van der Waals surface area (Å²) < 4.78 is 8.06. The lowest BCUT2D eigenvalue weighted by molar-refractivity contribution is 0.370. The summed E-state index contributed by atoms with van der Waals surface area (Å²) >= 11 is 3.39. The fourth-order valence-electron chi connectivity index (χ4n) is 2.09. The van der Waals surface area contributed by atoms with E-state index in [-0.39, 0.29) is 5.92 Å². The normalized spacial score (nSPS) is 12.6. The molecule has 0 aliphatic rings. The SMILES string of the molecule is Cc1cc(Br)cnc1-c1noc(C(C)c2cnn(C)c2)n1. The largest absolute Gasteiger partial charge is 0.338 e. The van der Waals surface area contributed by atoms with Crippen molar-refractivity contribution in [1.82, 2.24) is 24.9 Å². The van der Waals surface area contributed by atoms with Gasteiger partial charge < -0.3 is 4.52 Å². The zero-order valence-corrected chi connectivity index (χ0v) is 13.5. The summed E-state index contributed by atoms with van der Waals surface area (Å²) in [5.41, 5.74) is 2.76. The molecule has 0 bridgehead atoms. The van der Waals surface area contributed by atoms with Crippen LogP contribution in [0.15, 0.2) is 33.7 Å². The molecule has 0 fully saturated rings. The van der Waals surface area contributed by atoms with E-state index < -0.39 is 0 Å². The van der Waals surface area contributed by atoms with E-state index in [1.54, 1.807) is 17.1 Å². The Bertz CT molecular complexity index is 779. The van der Waals surface area contributed by atoms with Crippen LogP contribution < -0.4 is 0 Å². The molecule has 3 rings (SSSR count). The maximum Gasteiger partial charge on any atom is 0.234 e. The van der Waals surface area contributed by atoms with Gasteiger partial charge in [-0.25, -0.2) is 0 Å². The third kappa shape index (κ3) is 2.73. The van der Waals surface area contributed by atoms with Gasteiger partial charge in [0, 0.05) is 29.5 Å². The first-order valence-corrected chi connectivity index (χ1v) is 7.28. The minimum Gasteiger partial charge on any atom is -0.338 e. The molecule has 7 heteroatoms. The smallest absolute Gasteiger partial charge is 0.234 e. The zero-order valence-electron chi connectivity index (χ0n) is 11.9. The first-order valence-electron chi connectivity index (χ1n) is 6.49. The van der Waals surface area contributed by atoms with Crippen LogP contribution in [0.4, 0.5) is 0 Å². The second-order valence-electron chi connectivity index (χ2n) is 4.94. The van der Waals surface area contributed by atoms with E-state index in [9.17, 15) is 0 Å². The quantitative estimate of drug-likeness (QED) is 0.728. The molecule has 3 aromatic rings. The van der Waals surface area contributed by atoms with E-state index in [0.717, 1.165) is 21.3 Å². The van der Waals surface area contributed by atoms with Crippen LogP contribution in [-0.4, -0.2) is 24.9 Å². The van der Waals surface area contributed by atoms with Crippen LogP contribution in [0.2, 0.25) is 0 Å². The summed E-state index contributed by atoms with van der Waals surface area (Å²) in [6.07, 6.45) is 5.47. The van der Waals surface area contributed by atoms with Crippen molar-refractivity contribution in [3.8, 4) is 11.5 Å². The van der Waals surface area contributed by atoms with Crippen molar-refractivity contribution in [2.24, 2.45) is 7.05 Å². The monoisotopic (exact) mass is 347 g/mol. The van der Waals surface area contributed by atoms with Crippen molar-refractivity contribution in [1.29, 1.82) is 0 Å². The zero-order chi connectivity index (χ0) is 15.0. The molecular weight excluding hydrogens is 334 g/mol. The first kappa shape index (κ1) is 13.9. The van der Waals surface area contributed by atoms with Gasteiger partial charge in [-0.3, -0.25) is 9.67 Å². The molecule has 108 valence electrons. The van der Waals surface area contributed by atoms with Gasteiger partial charge in [-0.2, -0.15) is 10.1 Å². The van der Waals surface area contributed by atoms with E-state index in [1.807, 2.05) is 33.2 Å². The van der Waals surface area contributed by atoms with E-state index in [4.69, 9.17) is 4.52 Å². The average molecular weight is 348 g/mol. The van der Waals surface area contributed by atoms with E-state index in [0.29, 0.717) is 11.7 Å². The Labute approximate surface area is 130 Å². The number of rotatable bonds is 3. The third-order valence-electron chi connectivity index (χ3n) is 3.29. The molecule has 21 heavy (non-hydrogen) atoms. The molecule has 3 heterocycles. The van der Waals surface area contributed by atoms with Crippen LogP contribution in [0.1, 0.15) is 29.9 Å². The lowest BCUT2D eigenvalue weighted by Crippen LogP contribution is -1.96. The van der Waals surface area contributed by atoms with Gasteiger partial charge in [-0.1, -0.05) is 5.16 Å². The van der Waals surface area contributed by atoms with Crippen LogP contribution in [0.25, 0.3) is 11.5 Å². The molecule has 0 N–H and O–H groups in total. The van der Waals surface area contributed by atoms with Crippen LogP contribution in [-0.2, 0) is 7.05 Å². The summed E-state index contributed by atoms with van der Waals surface area (Å²) in [5.74, 6) is 1.06. The highest BCUT2D eigenvalue weighted by Gasteiger charge is 2.19. The number of aromatic nitrogens is 5. The molecule has 3 aromatic heterocycles. The van der Waals surface area contributed by atoms with Crippen LogP contribution in [0.3, 0.4) is 0 Å². The van der Waals surface area contributed by atoms with Gasteiger partial charge in [0.1, 0.15) is 5.69 Å². The summed E-state index contributed by atoms with van der Waals surface area (Å²) in [6, 6.07) is 1.98. The molecule has 1 unspecified atom stereocenters. The fraction of sp³-hybridized carbons (Fsp3) is 0.286. The van der Waals surface area contributed by atoms with Crippen molar-refractivity contribution in [3.63, 3.8) is 0 Å². The van der Waals surface area contributed by atoms with Gasteiger partial charge in [-0.15, -0.1) is 0 Å². The number of nitrogens with zero attached hydrogens (tertiary/aromatic N) is 5. The molecule has 0 aliphatic heterocycles. The second-order valence-corrected chi connectivity index (χ2v) is 5.86. The Kier molecular flexibility index (Phi) is 3.59. The molecule has 0 spiro atoms. The Morgan fingerprint density at radius 1 is 1.33 bits per heavy atom. The average Bonchev–Trinajstić information content (AvgIpc) is 3.07. The summed E-state index contributed by atoms with van der Waals surface area (Å²) in [7, 11) is 1.88. The van der Waals surface area contributed by atoms with Crippen molar-refractivity contribution in [3.05, 3.63) is 46.1 Å². The Morgan fingerprint density at radius 2 is 2.14 bits per heavy atom. The lowest BCUT2D eigenvalue weighted by Gasteiger charge is -2.02. The maximum absolute atomic E-state index is 5.38. The molecule has 0 amide bonds. The predicted molar refractivity (Wildman–Crippen MR) is 80.7 cm³/mol. The Morgan fingerprint density at radius 3 is 2.81 bits per heavy atom. The highest BCUT2D eigenvalue weighted by atomic mass is 79.9. The van der Waals surface area contributed by atoms with Gasteiger partial charge in [0.25, 0.3) is 0 Å². The highest BCUT2D eigenvalue weighted by molar-refractivity contribution is 9.10. The van der Waals surface area contributed by atoms with Gasteiger partial charge in [-0.05, 0) is 41.4 Å². The minimum atomic E-state index is -0.00398. The topological polar surface area (TPSA) is 69.6 Å².